The molecule has 0 amide bonds. The molecule has 7 heteroatoms. The molecule has 0 aromatic carbocycles. The van der Waals surface area contributed by atoms with Crippen LogP contribution >= 0.6 is 0 Å². The summed E-state index contributed by atoms with van der Waals surface area (Å²) in [7, 11) is 3.00. The Hall–Kier alpha value is -1.60. The zero-order chi connectivity index (χ0) is 13.0. The molecule has 1 fully saturated rings. The van der Waals surface area contributed by atoms with Crippen LogP contribution in [0.3, 0.4) is 0 Å². The van der Waals surface area contributed by atoms with E-state index in [-0.39, 0.29) is 12.1 Å². The lowest BCUT2D eigenvalue weighted by Crippen LogP contribution is -2.42. The minimum Gasteiger partial charge on any atom is -0.481 e. The fourth-order valence-corrected chi connectivity index (χ4v) is 1.73. The highest BCUT2D eigenvalue weighted by Gasteiger charge is 2.24. The Morgan fingerprint density at radius 1 is 1.39 bits per heavy atom. The first kappa shape index (κ1) is 12.8. The summed E-state index contributed by atoms with van der Waals surface area (Å²) in [4.78, 5) is 8.13. The van der Waals surface area contributed by atoms with E-state index in [2.05, 4.69) is 15.3 Å². The highest BCUT2D eigenvalue weighted by molar-refractivity contribution is 5.41. The molecule has 2 atom stereocenters. The summed E-state index contributed by atoms with van der Waals surface area (Å²) in [5.41, 5.74) is 0. The average molecular weight is 255 g/mol. The third kappa shape index (κ3) is 2.99. The first-order chi connectivity index (χ1) is 8.72. The molecule has 1 aliphatic rings. The van der Waals surface area contributed by atoms with Gasteiger partial charge in [0.05, 0.1) is 33.0 Å². The Kier molecular flexibility index (Phi) is 4.16. The molecule has 0 unspecified atom stereocenters. The number of aromatic nitrogens is 2. The van der Waals surface area contributed by atoms with Gasteiger partial charge in [0.2, 0.25) is 5.88 Å². The summed E-state index contributed by atoms with van der Waals surface area (Å²) in [6.45, 7) is 1.02. The number of aliphatic hydroxyl groups is 1. The molecule has 2 N–H and O–H groups in total. The second kappa shape index (κ2) is 5.83. The van der Waals surface area contributed by atoms with E-state index in [1.54, 1.807) is 6.07 Å². The number of hydrogen-bond donors (Lipinski definition) is 2. The Morgan fingerprint density at radius 2 is 2.22 bits per heavy atom. The van der Waals surface area contributed by atoms with E-state index in [0.29, 0.717) is 31.3 Å². The molecular weight excluding hydrogens is 238 g/mol. The number of nitrogens with zero attached hydrogens (tertiary/aromatic N) is 2. The third-order valence-electron chi connectivity index (χ3n) is 2.73. The molecule has 1 aromatic rings. The van der Waals surface area contributed by atoms with Crippen LogP contribution in [0.4, 0.5) is 5.82 Å². The summed E-state index contributed by atoms with van der Waals surface area (Å²) >= 11 is 0. The van der Waals surface area contributed by atoms with Gasteiger partial charge in [0.25, 0.3) is 0 Å². The summed E-state index contributed by atoms with van der Waals surface area (Å²) in [6.07, 6.45) is 0.155. The van der Waals surface area contributed by atoms with Gasteiger partial charge in [-0.15, -0.1) is 0 Å². The van der Waals surface area contributed by atoms with E-state index >= 15 is 0 Å². The molecule has 0 saturated carbocycles. The van der Waals surface area contributed by atoms with Crippen LogP contribution in [0.5, 0.6) is 11.9 Å². The monoisotopic (exact) mass is 255 g/mol. The van der Waals surface area contributed by atoms with Crippen LogP contribution in [0.25, 0.3) is 0 Å². The number of ether oxygens (including phenoxy) is 3. The maximum atomic E-state index is 9.83. The standard InChI is InChI=1S/C11H17N3O4/c1-16-10-5-9(13-11(14-10)17-2)12-7-6-18-4-3-8(7)15/h5,7-8,15H,3-4,6H2,1-2H3,(H,12,13,14)/t7-,8-/m1/s1. The third-order valence-corrected chi connectivity index (χ3v) is 2.73. The minimum atomic E-state index is -0.453. The zero-order valence-corrected chi connectivity index (χ0v) is 10.4. The molecule has 100 valence electrons. The average Bonchev–Trinajstić information content (AvgIpc) is 2.41. The lowest BCUT2D eigenvalue weighted by atomic mass is 10.1. The molecule has 0 radical (unpaired) electrons. The first-order valence-corrected chi connectivity index (χ1v) is 5.72. The van der Waals surface area contributed by atoms with Gasteiger partial charge in [-0.25, -0.2) is 0 Å². The van der Waals surface area contributed by atoms with Gasteiger partial charge in [0.15, 0.2) is 0 Å². The molecular formula is C11H17N3O4. The van der Waals surface area contributed by atoms with Crippen molar-refractivity contribution in [3.8, 4) is 11.9 Å². The largest absolute Gasteiger partial charge is 0.481 e. The van der Waals surface area contributed by atoms with Crippen LogP contribution in [0.15, 0.2) is 6.07 Å². The van der Waals surface area contributed by atoms with Crippen LogP contribution in [0.2, 0.25) is 0 Å². The number of nitrogens with one attached hydrogen (secondary N) is 1. The van der Waals surface area contributed by atoms with Crippen molar-refractivity contribution in [3.05, 3.63) is 6.07 Å². The Bertz CT molecular complexity index is 380. The molecule has 0 aliphatic carbocycles. The van der Waals surface area contributed by atoms with Crippen molar-refractivity contribution in [3.63, 3.8) is 0 Å². The molecule has 1 aromatic heterocycles. The van der Waals surface area contributed by atoms with E-state index in [0.717, 1.165) is 0 Å². The summed E-state index contributed by atoms with van der Waals surface area (Å²) in [6, 6.07) is 1.66. The van der Waals surface area contributed by atoms with E-state index in [1.807, 2.05) is 0 Å². The molecule has 2 heterocycles. The zero-order valence-electron chi connectivity index (χ0n) is 10.4. The minimum absolute atomic E-state index is 0.192. The van der Waals surface area contributed by atoms with Gasteiger partial charge < -0.3 is 24.6 Å². The van der Waals surface area contributed by atoms with Gasteiger partial charge in [0, 0.05) is 12.7 Å². The topological polar surface area (TPSA) is 85.7 Å². The molecule has 18 heavy (non-hydrogen) atoms. The smallest absolute Gasteiger partial charge is 0.321 e. The molecule has 1 saturated heterocycles. The van der Waals surface area contributed by atoms with Crippen molar-refractivity contribution >= 4 is 5.82 Å². The first-order valence-electron chi connectivity index (χ1n) is 5.72. The van der Waals surface area contributed by atoms with E-state index in [9.17, 15) is 5.11 Å². The number of aliphatic hydroxyl groups excluding tert-OH is 1. The second-order valence-corrected chi connectivity index (χ2v) is 3.96. The van der Waals surface area contributed by atoms with Crippen molar-refractivity contribution in [2.45, 2.75) is 18.6 Å². The molecule has 1 aliphatic heterocycles. The van der Waals surface area contributed by atoms with Gasteiger partial charge in [-0.1, -0.05) is 0 Å². The van der Waals surface area contributed by atoms with Gasteiger partial charge >= 0.3 is 6.01 Å². The predicted octanol–water partition coefficient (Wildman–Crippen LogP) is 0.0555. The van der Waals surface area contributed by atoms with Crippen molar-refractivity contribution in [2.24, 2.45) is 0 Å². The fourth-order valence-electron chi connectivity index (χ4n) is 1.73. The lowest BCUT2D eigenvalue weighted by molar-refractivity contribution is 0.00302. The normalized spacial score (nSPS) is 23.5. The van der Waals surface area contributed by atoms with E-state index in [4.69, 9.17) is 14.2 Å². The highest BCUT2D eigenvalue weighted by atomic mass is 16.5. The summed E-state index contributed by atoms with van der Waals surface area (Å²) in [5, 5.41) is 12.9. The van der Waals surface area contributed by atoms with Gasteiger partial charge in [-0.2, -0.15) is 9.97 Å². The number of methoxy groups -OCH3 is 2. The second-order valence-electron chi connectivity index (χ2n) is 3.96. The fraction of sp³-hybridized carbons (Fsp3) is 0.636. The van der Waals surface area contributed by atoms with Crippen LogP contribution < -0.4 is 14.8 Å². The van der Waals surface area contributed by atoms with Crippen LogP contribution in [0, 0.1) is 0 Å². The van der Waals surface area contributed by atoms with Crippen molar-refractivity contribution in [2.75, 3.05) is 32.8 Å². The van der Waals surface area contributed by atoms with E-state index in [1.165, 1.54) is 14.2 Å². The van der Waals surface area contributed by atoms with Gasteiger partial charge in [-0.3, -0.25) is 0 Å². The lowest BCUT2D eigenvalue weighted by Gasteiger charge is -2.28. The Morgan fingerprint density at radius 3 is 2.89 bits per heavy atom. The summed E-state index contributed by atoms with van der Waals surface area (Å²) in [5.74, 6) is 0.934. The molecule has 7 nitrogen and oxygen atoms in total. The molecule has 0 bridgehead atoms. The summed E-state index contributed by atoms with van der Waals surface area (Å²) < 4.78 is 15.3. The van der Waals surface area contributed by atoms with Crippen molar-refractivity contribution in [1.82, 2.24) is 9.97 Å². The maximum Gasteiger partial charge on any atom is 0.321 e. The van der Waals surface area contributed by atoms with Gasteiger partial charge in [-0.05, 0) is 6.42 Å². The van der Waals surface area contributed by atoms with Crippen molar-refractivity contribution < 1.29 is 19.3 Å². The van der Waals surface area contributed by atoms with Crippen LogP contribution in [-0.2, 0) is 4.74 Å². The molecule has 0 spiro atoms. The number of rotatable bonds is 4. The highest BCUT2D eigenvalue weighted by Crippen LogP contribution is 2.19. The van der Waals surface area contributed by atoms with Gasteiger partial charge in [0.1, 0.15) is 5.82 Å². The van der Waals surface area contributed by atoms with Crippen LogP contribution in [0.1, 0.15) is 6.42 Å². The maximum absolute atomic E-state index is 9.83. The Balaban J connectivity index is 2.12. The SMILES string of the molecule is COc1cc(N[C@@H]2COCC[C@H]2O)nc(OC)n1. The van der Waals surface area contributed by atoms with E-state index < -0.39 is 6.10 Å². The quantitative estimate of drug-likeness (QED) is 0.786. The Labute approximate surface area is 105 Å². The van der Waals surface area contributed by atoms with Crippen LogP contribution in [-0.4, -0.2) is 54.7 Å². The van der Waals surface area contributed by atoms with Crippen molar-refractivity contribution in [1.29, 1.82) is 0 Å². The number of hydrogen-bond acceptors (Lipinski definition) is 7. The predicted molar refractivity (Wildman–Crippen MR) is 64.0 cm³/mol. The molecule has 2 rings (SSSR count). The number of anilines is 1.